The summed E-state index contributed by atoms with van der Waals surface area (Å²) in [6.45, 7) is 10.1. The second-order valence-electron chi connectivity index (χ2n) is 4.97. The van der Waals surface area contributed by atoms with Gasteiger partial charge in [0.2, 0.25) is 0 Å². The lowest BCUT2D eigenvalue weighted by Gasteiger charge is -2.41. The first-order chi connectivity index (χ1) is 10.4. The highest BCUT2D eigenvalue weighted by Gasteiger charge is 2.69. The average Bonchev–Trinajstić information content (AvgIpc) is 2.83. The summed E-state index contributed by atoms with van der Waals surface area (Å²) in [6.07, 6.45) is 0.350. The van der Waals surface area contributed by atoms with Gasteiger partial charge in [-0.25, -0.2) is 0 Å². The van der Waals surface area contributed by atoms with Crippen LogP contribution in [0, 0.1) is 0 Å². The minimum atomic E-state index is -3.71. The number of nitrogens with one attached hydrogen (secondary N) is 1. The second kappa shape index (κ2) is 8.39. The van der Waals surface area contributed by atoms with Gasteiger partial charge in [-0.05, 0) is 47.6 Å². The third-order valence-electron chi connectivity index (χ3n) is 3.78. The van der Waals surface area contributed by atoms with E-state index in [-0.39, 0.29) is 32.5 Å². The SMILES string of the molecule is CCOP(=O)(OCC)C1(P(=O)(OCC)OCC)CCNC1C. The van der Waals surface area contributed by atoms with Crippen molar-refractivity contribution in [2.45, 2.75) is 52.0 Å². The molecule has 0 radical (unpaired) electrons. The fraction of sp³-hybridized carbons (Fsp3) is 1.00. The molecule has 0 aliphatic carbocycles. The van der Waals surface area contributed by atoms with E-state index in [0.29, 0.717) is 13.0 Å². The number of hydrogen-bond donors (Lipinski definition) is 1. The second-order valence-corrected chi connectivity index (χ2v) is 9.94. The van der Waals surface area contributed by atoms with E-state index in [2.05, 4.69) is 5.32 Å². The minimum Gasteiger partial charge on any atom is -0.312 e. The summed E-state index contributed by atoms with van der Waals surface area (Å²) in [4.78, 5) is -1.32. The number of rotatable bonds is 10. The Morgan fingerprint density at radius 3 is 1.50 bits per heavy atom. The van der Waals surface area contributed by atoms with Gasteiger partial charge >= 0.3 is 15.2 Å². The van der Waals surface area contributed by atoms with E-state index in [9.17, 15) is 9.13 Å². The van der Waals surface area contributed by atoms with Crippen molar-refractivity contribution >= 4 is 15.2 Å². The number of hydrogen-bond acceptors (Lipinski definition) is 7. The maximum Gasteiger partial charge on any atom is 0.350 e. The summed E-state index contributed by atoms with van der Waals surface area (Å²) in [5.74, 6) is 0. The molecule has 0 aromatic rings. The summed E-state index contributed by atoms with van der Waals surface area (Å²) in [5.41, 5.74) is 0. The first-order valence-electron chi connectivity index (χ1n) is 7.89. The van der Waals surface area contributed by atoms with Gasteiger partial charge in [-0.3, -0.25) is 9.13 Å². The molecule has 0 bridgehead atoms. The van der Waals surface area contributed by atoms with Crippen LogP contribution in [0.15, 0.2) is 0 Å². The monoisotopic (exact) mass is 357 g/mol. The van der Waals surface area contributed by atoms with Gasteiger partial charge in [0.15, 0.2) is 4.90 Å². The Hall–Kier alpha value is 0.260. The molecule has 1 saturated heterocycles. The fourth-order valence-corrected chi connectivity index (χ4v) is 9.15. The molecule has 1 unspecified atom stereocenters. The van der Waals surface area contributed by atoms with Gasteiger partial charge in [0.1, 0.15) is 0 Å². The van der Waals surface area contributed by atoms with Crippen molar-refractivity contribution in [3.63, 3.8) is 0 Å². The molecule has 0 saturated carbocycles. The molecule has 9 heteroatoms. The van der Waals surface area contributed by atoms with E-state index in [4.69, 9.17) is 18.1 Å². The Bertz CT molecular complexity index is 394. The predicted molar refractivity (Wildman–Crippen MR) is 86.5 cm³/mol. The molecule has 1 aliphatic heterocycles. The van der Waals surface area contributed by atoms with Crippen LogP contribution in [0.1, 0.15) is 41.0 Å². The third kappa shape index (κ3) is 3.36. The van der Waals surface area contributed by atoms with Crippen LogP contribution in [0.5, 0.6) is 0 Å². The Morgan fingerprint density at radius 2 is 1.27 bits per heavy atom. The molecule has 1 N–H and O–H groups in total. The van der Waals surface area contributed by atoms with Gasteiger partial charge in [0.05, 0.1) is 26.4 Å². The van der Waals surface area contributed by atoms with Gasteiger partial charge in [-0.2, -0.15) is 0 Å². The summed E-state index contributed by atoms with van der Waals surface area (Å²) < 4.78 is 49.2. The van der Waals surface area contributed by atoms with Crippen molar-refractivity contribution in [2.24, 2.45) is 0 Å². The molecule has 1 rings (SSSR count). The van der Waals surface area contributed by atoms with Crippen LogP contribution in [0.25, 0.3) is 0 Å². The molecule has 132 valence electrons. The van der Waals surface area contributed by atoms with Crippen molar-refractivity contribution in [3.8, 4) is 0 Å². The van der Waals surface area contributed by atoms with Crippen molar-refractivity contribution in [2.75, 3.05) is 33.0 Å². The van der Waals surface area contributed by atoms with Crippen LogP contribution >= 0.6 is 15.2 Å². The van der Waals surface area contributed by atoms with Crippen LogP contribution in [0.2, 0.25) is 0 Å². The predicted octanol–water partition coefficient (Wildman–Crippen LogP) is 3.60. The van der Waals surface area contributed by atoms with Crippen LogP contribution in [-0.2, 0) is 27.2 Å². The molecule has 0 spiro atoms. The molecule has 1 fully saturated rings. The average molecular weight is 357 g/mol. The highest BCUT2D eigenvalue weighted by molar-refractivity contribution is 7.74. The highest BCUT2D eigenvalue weighted by Crippen LogP contribution is 2.81. The van der Waals surface area contributed by atoms with E-state index in [1.54, 1.807) is 27.7 Å². The quantitative estimate of drug-likeness (QED) is 0.598. The largest absolute Gasteiger partial charge is 0.350 e. The molecule has 1 aliphatic rings. The maximum atomic E-state index is 13.5. The first kappa shape index (κ1) is 20.3. The Balaban J connectivity index is 3.47. The first-order valence-corrected chi connectivity index (χ1v) is 11.0. The molecule has 1 atom stereocenters. The van der Waals surface area contributed by atoms with Crippen molar-refractivity contribution in [1.29, 1.82) is 0 Å². The molecule has 7 nitrogen and oxygen atoms in total. The summed E-state index contributed by atoms with van der Waals surface area (Å²) in [6, 6.07) is -0.375. The Kier molecular flexibility index (Phi) is 7.74. The molecule has 0 aromatic carbocycles. The molecule has 0 aromatic heterocycles. The van der Waals surface area contributed by atoms with Gasteiger partial charge in [0, 0.05) is 6.04 Å². The van der Waals surface area contributed by atoms with Crippen LogP contribution in [0.3, 0.4) is 0 Å². The zero-order chi connectivity index (χ0) is 16.9. The van der Waals surface area contributed by atoms with Gasteiger partial charge in [0.25, 0.3) is 0 Å². The zero-order valence-electron chi connectivity index (χ0n) is 14.2. The van der Waals surface area contributed by atoms with E-state index < -0.39 is 20.1 Å². The Morgan fingerprint density at radius 1 is 0.909 bits per heavy atom. The van der Waals surface area contributed by atoms with E-state index in [1.165, 1.54) is 0 Å². The standard InChI is InChI=1S/C13H29NO6P2/c1-6-17-21(15,18-7-2)13(10-11-14-12(13)5)22(16,19-8-3)20-9-4/h12,14H,6-11H2,1-5H3. The summed E-state index contributed by atoms with van der Waals surface area (Å²) >= 11 is 0. The lowest BCUT2D eigenvalue weighted by molar-refractivity contribution is 0.174. The van der Waals surface area contributed by atoms with Crippen molar-refractivity contribution < 1.29 is 27.2 Å². The lowest BCUT2D eigenvalue weighted by Crippen LogP contribution is -2.42. The van der Waals surface area contributed by atoms with E-state index in [1.807, 2.05) is 6.92 Å². The molecule has 1 heterocycles. The van der Waals surface area contributed by atoms with Gasteiger partial charge < -0.3 is 23.4 Å². The third-order valence-corrected chi connectivity index (χ3v) is 10.8. The molecular weight excluding hydrogens is 328 g/mol. The normalized spacial score (nSPS) is 22.1. The van der Waals surface area contributed by atoms with Crippen LogP contribution in [0.4, 0.5) is 0 Å². The summed E-state index contributed by atoms with van der Waals surface area (Å²) in [7, 11) is -7.42. The molecular formula is C13H29NO6P2. The van der Waals surface area contributed by atoms with Crippen molar-refractivity contribution in [1.82, 2.24) is 5.32 Å². The Labute approximate surface area is 133 Å². The van der Waals surface area contributed by atoms with E-state index >= 15 is 0 Å². The topological polar surface area (TPSA) is 83.1 Å². The van der Waals surface area contributed by atoms with E-state index in [0.717, 1.165) is 0 Å². The zero-order valence-corrected chi connectivity index (χ0v) is 16.0. The smallest absolute Gasteiger partial charge is 0.312 e. The van der Waals surface area contributed by atoms with Gasteiger partial charge in [-0.1, -0.05) is 0 Å². The highest BCUT2D eigenvalue weighted by atomic mass is 31.2. The maximum absolute atomic E-state index is 13.5. The van der Waals surface area contributed by atoms with Crippen molar-refractivity contribution in [3.05, 3.63) is 0 Å². The van der Waals surface area contributed by atoms with Crippen LogP contribution in [-0.4, -0.2) is 43.9 Å². The summed E-state index contributed by atoms with van der Waals surface area (Å²) in [5, 5.41) is 3.19. The fourth-order valence-electron chi connectivity index (χ4n) is 2.95. The van der Waals surface area contributed by atoms with Gasteiger partial charge in [-0.15, -0.1) is 0 Å². The molecule has 0 amide bonds. The minimum absolute atomic E-state index is 0.198. The van der Waals surface area contributed by atoms with Crippen LogP contribution < -0.4 is 5.32 Å². The molecule has 22 heavy (non-hydrogen) atoms. The lowest BCUT2D eigenvalue weighted by atomic mass is 10.2.